The van der Waals surface area contributed by atoms with Crippen molar-refractivity contribution < 1.29 is 38.1 Å². The molecule has 0 unspecified atom stereocenters. The van der Waals surface area contributed by atoms with Crippen molar-refractivity contribution in [3.63, 3.8) is 0 Å². The molecule has 3 N–H and O–H groups in total. The monoisotopic (exact) mass is 632 g/mol. The second-order valence-electron chi connectivity index (χ2n) is 8.98. The van der Waals surface area contributed by atoms with Crippen LogP contribution >= 0.6 is 15.9 Å². The van der Waals surface area contributed by atoms with Gasteiger partial charge in [0.2, 0.25) is 0 Å². The predicted octanol–water partition coefficient (Wildman–Crippen LogP) is 3.97. The van der Waals surface area contributed by atoms with Gasteiger partial charge in [-0.05, 0) is 79.0 Å². The molecule has 0 spiro atoms. The molecule has 1 aliphatic rings. The molecular weight excluding hydrogens is 600 g/mol. The first-order valence-corrected chi connectivity index (χ1v) is 13.5. The number of nitrogens with one attached hydrogen (secondary N) is 3. The Morgan fingerprint density at radius 1 is 1.12 bits per heavy atom. The van der Waals surface area contributed by atoms with Gasteiger partial charge in [0, 0.05) is 5.70 Å². The van der Waals surface area contributed by atoms with Gasteiger partial charge in [0.1, 0.15) is 0 Å². The van der Waals surface area contributed by atoms with Crippen LogP contribution in [0.1, 0.15) is 44.9 Å². The average Bonchev–Trinajstić information content (AvgIpc) is 2.92. The minimum Gasteiger partial charge on any atom is -0.493 e. The number of methoxy groups -OCH3 is 2. The van der Waals surface area contributed by atoms with Crippen LogP contribution in [-0.2, 0) is 14.3 Å². The molecule has 220 valence electrons. The Kier molecular flexibility index (Phi) is 11.0. The first-order chi connectivity index (χ1) is 19.6. The van der Waals surface area contributed by atoms with Crippen LogP contribution in [0.15, 0.2) is 51.2 Å². The number of ether oxygens (including phenoxy) is 5. The highest BCUT2D eigenvalue weighted by Crippen LogP contribution is 2.37. The van der Waals surface area contributed by atoms with Crippen LogP contribution in [0.2, 0.25) is 0 Å². The summed E-state index contributed by atoms with van der Waals surface area (Å²) in [6, 6.07) is 7.15. The van der Waals surface area contributed by atoms with Crippen molar-refractivity contribution in [1.29, 1.82) is 0 Å². The van der Waals surface area contributed by atoms with Gasteiger partial charge in [-0.3, -0.25) is 4.79 Å². The summed E-state index contributed by atoms with van der Waals surface area (Å²) in [4.78, 5) is 37.1. The fourth-order valence-corrected chi connectivity index (χ4v) is 4.48. The van der Waals surface area contributed by atoms with Crippen LogP contribution in [0.5, 0.6) is 23.0 Å². The van der Waals surface area contributed by atoms with E-state index < -0.39 is 23.9 Å². The van der Waals surface area contributed by atoms with Crippen molar-refractivity contribution in [2.75, 3.05) is 27.4 Å². The number of carbonyl (C=O) groups excluding carboxylic acids is 3. The smallest absolute Gasteiger partial charge is 0.338 e. The van der Waals surface area contributed by atoms with Gasteiger partial charge in [0.15, 0.2) is 29.6 Å². The number of amides is 3. The minimum absolute atomic E-state index is 0.0395. The van der Waals surface area contributed by atoms with Crippen molar-refractivity contribution >= 4 is 40.1 Å². The molecule has 3 rings (SSSR count). The van der Waals surface area contributed by atoms with E-state index in [1.54, 1.807) is 44.2 Å². The van der Waals surface area contributed by atoms with E-state index in [2.05, 4.69) is 37.1 Å². The lowest BCUT2D eigenvalue weighted by atomic mass is 9.95. The molecule has 3 amide bonds. The molecule has 1 aliphatic heterocycles. The summed E-state index contributed by atoms with van der Waals surface area (Å²) < 4.78 is 28.1. The molecule has 0 saturated carbocycles. The third-order valence-corrected chi connectivity index (χ3v) is 6.24. The largest absolute Gasteiger partial charge is 0.493 e. The molecule has 0 radical (unpaired) electrons. The van der Waals surface area contributed by atoms with Gasteiger partial charge in [0.05, 0.1) is 49.2 Å². The summed E-state index contributed by atoms with van der Waals surface area (Å²) in [6.45, 7) is 6.99. The maximum absolute atomic E-state index is 12.6. The molecule has 2 aromatic rings. The zero-order valence-corrected chi connectivity index (χ0v) is 25.2. The molecule has 13 heteroatoms. The number of rotatable bonds is 12. The summed E-state index contributed by atoms with van der Waals surface area (Å²) in [5.41, 5.74) is 4.30. The molecular formula is C28H33BrN4O8. The maximum Gasteiger partial charge on any atom is 0.338 e. The van der Waals surface area contributed by atoms with Gasteiger partial charge in [0.25, 0.3) is 5.91 Å². The van der Waals surface area contributed by atoms with Crippen LogP contribution in [0.25, 0.3) is 0 Å². The van der Waals surface area contributed by atoms with Crippen molar-refractivity contribution in [1.82, 2.24) is 16.1 Å². The number of benzene rings is 2. The van der Waals surface area contributed by atoms with Crippen LogP contribution in [0, 0.1) is 0 Å². The summed E-state index contributed by atoms with van der Waals surface area (Å²) >= 11 is 3.47. The zero-order chi connectivity index (χ0) is 30.1. The van der Waals surface area contributed by atoms with E-state index in [1.165, 1.54) is 20.4 Å². The summed E-state index contributed by atoms with van der Waals surface area (Å²) in [5.74, 6) is 0.611. The number of halogens is 1. The Bertz CT molecular complexity index is 1360. The number of nitrogens with zero attached hydrogens (tertiary/aromatic N) is 1. The fraction of sp³-hybridized carbons (Fsp3) is 0.357. The van der Waals surface area contributed by atoms with Gasteiger partial charge in [-0.2, -0.15) is 5.10 Å². The van der Waals surface area contributed by atoms with Gasteiger partial charge in [-0.25, -0.2) is 15.0 Å². The fourth-order valence-electron chi connectivity index (χ4n) is 3.93. The van der Waals surface area contributed by atoms with Crippen molar-refractivity contribution in [3.8, 4) is 23.0 Å². The summed E-state index contributed by atoms with van der Waals surface area (Å²) in [7, 11) is 2.98. The van der Waals surface area contributed by atoms with E-state index in [1.807, 2.05) is 13.8 Å². The van der Waals surface area contributed by atoms with E-state index in [0.717, 1.165) is 0 Å². The molecule has 1 atom stereocenters. The number of esters is 1. The Morgan fingerprint density at radius 3 is 2.51 bits per heavy atom. The highest BCUT2D eigenvalue weighted by atomic mass is 79.9. The van der Waals surface area contributed by atoms with E-state index in [0.29, 0.717) is 38.5 Å². The SMILES string of the molecule is CCOC(=O)C1=C(C)NC(=O)N[C@H]1c1ccc(OCC(=O)N/N=C/c2cc(Br)c(OC(C)C)c(OC)c2)c(OC)c1. The summed E-state index contributed by atoms with van der Waals surface area (Å²) in [6.07, 6.45) is 1.42. The molecule has 0 saturated heterocycles. The predicted molar refractivity (Wildman–Crippen MR) is 154 cm³/mol. The van der Waals surface area contributed by atoms with Gasteiger partial charge >= 0.3 is 12.0 Å². The Hall–Kier alpha value is -4.26. The van der Waals surface area contributed by atoms with Gasteiger partial charge < -0.3 is 34.3 Å². The maximum atomic E-state index is 12.6. The second kappa shape index (κ2) is 14.4. The number of hydrogen-bond acceptors (Lipinski definition) is 9. The average molecular weight is 633 g/mol. The molecule has 1 heterocycles. The Morgan fingerprint density at radius 2 is 1.85 bits per heavy atom. The summed E-state index contributed by atoms with van der Waals surface area (Å²) in [5, 5.41) is 9.30. The number of urea groups is 1. The van der Waals surface area contributed by atoms with Crippen LogP contribution in [-0.4, -0.2) is 57.7 Å². The first-order valence-electron chi connectivity index (χ1n) is 12.7. The molecule has 12 nitrogen and oxygen atoms in total. The molecule has 0 fully saturated rings. The van der Waals surface area contributed by atoms with Gasteiger partial charge in [-0.1, -0.05) is 6.07 Å². The molecule has 0 bridgehead atoms. The van der Waals surface area contributed by atoms with E-state index in [-0.39, 0.29) is 30.6 Å². The van der Waals surface area contributed by atoms with Crippen molar-refractivity contribution in [2.24, 2.45) is 5.10 Å². The lowest BCUT2D eigenvalue weighted by Gasteiger charge is -2.28. The van der Waals surface area contributed by atoms with Crippen LogP contribution in [0.3, 0.4) is 0 Å². The highest BCUT2D eigenvalue weighted by molar-refractivity contribution is 9.10. The lowest BCUT2D eigenvalue weighted by molar-refractivity contribution is -0.139. The number of allylic oxidation sites excluding steroid dienone is 1. The van der Waals surface area contributed by atoms with E-state index in [4.69, 9.17) is 23.7 Å². The molecule has 2 aromatic carbocycles. The van der Waals surface area contributed by atoms with E-state index in [9.17, 15) is 14.4 Å². The van der Waals surface area contributed by atoms with Crippen molar-refractivity contribution in [2.45, 2.75) is 39.8 Å². The molecule has 41 heavy (non-hydrogen) atoms. The standard InChI is InChI=1S/C28H33BrN4O8/c1-7-39-27(35)24-16(4)31-28(36)32-25(24)18-8-9-20(21(12-18)37-5)40-14-23(34)33-30-13-17-10-19(29)26(41-15(2)3)22(11-17)38-6/h8-13,15,25H,7,14H2,1-6H3,(H,33,34)(H2,31,32,36)/b30-13+/t25-/m0/s1. The van der Waals surface area contributed by atoms with E-state index >= 15 is 0 Å². The quantitative estimate of drug-likeness (QED) is 0.181. The number of carbonyl (C=O) groups is 3. The Labute approximate surface area is 246 Å². The first kappa shape index (κ1) is 31.3. The zero-order valence-electron chi connectivity index (χ0n) is 23.6. The number of hydrazone groups is 1. The van der Waals surface area contributed by atoms with Crippen molar-refractivity contribution in [3.05, 3.63) is 57.2 Å². The third-order valence-electron chi connectivity index (χ3n) is 5.65. The highest BCUT2D eigenvalue weighted by Gasteiger charge is 2.32. The second-order valence-corrected chi connectivity index (χ2v) is 9.84. The Balaban J connectivity index is 1.67. The number of hydrogen-bond donors (Lipinski definition) is 3. The third kappa shape index (κ3) is 8.13. The normalized spacial score (nSPS) is 14.8. The molecule has 0 aromatic heterocycles. The van der Waals surface area contributed by atoms with Crippen LogP contribution < -0.4 is 35.0 Å². The lowest BCUT2D eigenvalue weighted by Crippen LogP contribution is -2.45. The van der Waals surface area contributed by atoms with Gasteiger partial charge in [-0.15, -0.1) is 0 Å². The van der Waals surface area contributed by atoms with Crippen LogP contribution in [0.4, 0.5) is 4.79 Å². The topological polar surface area (TPSA) is 146 Å². The minimum atomic E-state index is -0.770. The molecule has 0 aliphatic carbocycles.